The molecule has 0 saturated heterocycles. The predicted octanol–water partition coefficient (Wildman–Crippen LogP) is 4.24. The van der Waals surface area contributed by atoms with Gasteiger partial charge in [-0.3, -0.25) is 0 Å². The molecular formula is C18H20N4OS. The number of rotatable bonds is 4. The van der Waals surface area contributed by atoms with Gasteiger partial charge in [-0.25, -0.2) is 14.2 Å². The molecule has 1 unspecified atom stereocenters. The molecule has 0 aliphatic carbocycles. The van der Waals surface area contributed by atoms with Crippen molar-refractivity contribution < 1.29 is 4.21 Å². The number of benzene rings is 2. The molecule has 0 saturated carbocycles. The highest BCUT2D eigenvalue weighted by Gasteiger charge is 2.09. The zero-order chi connectivity index (χ0) is 17.2. The van der Waals surface area contributed by atoms with Gasteiger partial charge in [-0.2, -0.15) is 4.36 Å². The van der Waals surface area contributed by atoms with E-state index in [0.29, 0.717) is 5.69 Å². The van der Waals surface area contributed by atoms with Crippen molar-refractivity contribution >= 4 is 32.1 Å². The number of nitrogens with one attached hydrogen (secondary N) is 1. The standard InChI is InChI=1S/C18H20N4OS/c1-13(2)21-18-16-11-14(9-10-17(16)19-12-20-18)22-24(3,23)15-7-5-4-6-8-15/h4-13H,1-3H3,(H,19,20,21). The summed E-state index contributed by atoms with van der Waals surface area (Å²) in [5.74, 6) is 0.759. The first-order valence-corrected chi connectivity index (χ1v) is 9.66. The van der Waals surface area contributed by atoms with Crippen molar-refractivity contribution in [2.24, 2.45) is 4.36 Å². The largest absolute Gasteiger partial charge is 0.367 e. The molecule has 2 aromatic carbocycles. The van der Waals surface area contributed by atoms with E-state index in [4.69, 9.17) is 0 Å². The first-order chi connectivity index (χ1) is 11.5. The molecule has 1 heterocycles. The van der Waals surface area contributed by atoms with Gasteiger partial charge >= 0.3 is 0 Å². The predicted molar refractivity (Wildman–Crippen MR) is 99.2 cm³/mol. The molecule has 0 amide bonds. The van der Waals surface area contributed by atoms with Crippen LogP contribution in [0.5, 0.6) is 0 Å². The third-order valence-corrected chi connectivity index (χ3v) is 5.21. The fraction of sp³-hybridized carbons (Fsp3) is 0.222. The summed E-state index contributed by atoms with van der Waals surface area (Å²) in [7, 11) is -2.50. The summed E-state index contributed by atoms with van der Waals surface area (Å²) >= 11 is 0. The van der Waals surface area contributed by atoms with E-state index in [1.54, 1.807) is 6.26 Å². The molecule has 0 fully saturated rings. The van der Waals surface area contributed by atoms with Crippen molar-refractivity contribution in [3.05, 3.63) is 54.9 Å². The summed E-state index contributed by atoms with van der Waals surface area (Å²) in [4.78, 5) is 9.31. The Labute approximate surface area is 142 Å². The van der Waals surface area contributed by atoms with Gasteiger partial charge in [0.2, 0.25) is 0 Å². The molecule has 1 N–H and O–H groups in total. The second kappa shape index (κ2) is 6.57. The number of fused-ring (bicyclic) bond motifs is 1. The highest BCUT2D eigenvalue weighted by molar-refractivity contribution is 7.93. The summed E-state index contributed by atoms with van der Waals surface area (Å²) < 4.78 is 17.4. The molecule has 0 radical (unpaired) electrons. The van der Waals surface area contributed by atoms with E-state index >= 15 is 0 Å². The van der Waals surface area contributed by atoms with Crippen LogP contribution < -0.4 is 5.32 Å². The maximum absolute atomic E-state index is 12.9. The molecule has 0 spiro atoms. The minimum Gasteiger partial charge on any atom is -0.367 e. The Kier molecular flexibility index (Phi) is 4.49. The van der Waals surface area contributed by atoms with Gasteiger partial charge in [-0.1, -0.05) is 18.2 Å². The van der Waals surface area contributed by atoms with Gasteiger partial charge in [0.1, 0.15) is 12.1 Å². The minimum atomic E-state index is -2.50. The Balaban J connectivity index is 2.11. The molecule has 3 rings (SSSR count). The van der Waals surface area contributed by atoms with E-state index in [9.17, 15) is 4.21 Å². The number of nitrogens with zero attached hydrogens (tertiary/aromatic N) is 3. The molecule has 1 aromatic heterocycles. The smallest absolute Gasteiger partial charge is 0.137 e. The van der Waals surface area contributed by atoms with Gasteiger partial charge < -0.3 is 5.32 Å². The lowest BCUT2D eigenvalue weighted by molar-refractivity contribution is 0.681. The molecule has 1 atom stereocenters. The van der Waals surface area contributed by atoms with E-state index in [-0.39, 0.29) is 6.04 Å². The lowest BCUT2D eigenvalue weighted by Gasteiger charge is -2.11. The monoisotopic (exact) mass is 340 g/mol. The molecular weight excluding hydrogens is 320 g/mol. The van der Waals surface area contributed by atoms with Crippen LogP contribution in [0.4, 0.5) is 11.5 Å². The molecule has 6 heteroatoms. The Hall–Kier alpha value is -2.47. The van der Waals surface area contributed by atoms with Gasteiger partial charge in [-0.05, 0) is 44.2 Å². The highest BCUT2D eigenvalue weighted by Crippen LogP contribution is 2.27. The summed E-state index contributed by atoms with van der Waals surface area (Å²) in [6, 6.07) is 15.2. The summed E-state index contributed by atoms with van der Waals surface area (Å²) in [5, 5.41) is 4.18. The molecule has 0 aliphatic heterocycles. The number of hydrogen-bond acceptors (Lipinski definition) is 5. The quantitative estimate of drug-likeness (QED) is 0.771. The van der Waals surface area contributed by atoms with Gasteiger partial charge in [0.25, 0.3) is 0 Å². The van der Waals surface area contributed by atoms with Crippen LogP contribution in [0.3, 0.4) is 0 Å². The molecule has 0 bridgehead atoms. The minimum absolute atomic E-state index is 0.253. The Morgan fingerprint density at radius 1 is 1.08 bits per heavy atom. The average molecular weight is 340 g/mol. The molecule has 124 valence electrons. The molecule has 5 nitrogen and oxygen atoms in total. The number of hydrogen-bond donors (Lipinski definition) is 1. The van der Waals surface area contributed by atoms with Crippen molar-refractivity contribution in [2.75, 3.05) is 11.6 Å². The number of anilines is 1. The van der Waals surface area contributed by atoms with Gasteiger partial charge in [-0.15, -0.1) is 0 Å². The van der Waals surface area contributed by atoms with Crippen molar-refractivity contribution in [2.45, 2.75) is 24.8 Å². The summed E-state index contributed by atoms with van der Waals surface area (Å²) in [5.41, 5.74) is 1.48. The van der Waals surface area contributed by atoms with E-state index in [2.05, 4.69) is 33.5 Å². The maximum atomic E-state index is 12.9. The zero-order valence-corrected chi connectivity index (χ0v) is 14.7. The van der Waals surface area contributed by atoms with Gasteiger partial charge in [0.15, 0.2) is 0 Å². The van der Waals surface area contributed by atoms with Crippen LogP contribution in [-0.4, -0.2) is 26.5 Å². The van der Waals surface area contributed by atoms with Crippen LogP contribution in [-0.2, 0) is 9.73 Å². The van der Waals surface area contributed by atoms with Crippen molar-refractivity contribution in [1.29, 1.82) is 0 Å². The Bertz CT molecular complexity index is 977. The lowest BCUT2D eigenvalue weighted by atomic mass is 10.2. The van der Waals surface area contributed by atoms with E-state index in [1.807, 2.05) is 48.5 Å². The fourth-order valence-electron chi connectivity index (χ4n) is 2.42. The summed E-state index contributed by atoms with van der Waals surface area (Å²) in [6.07, 6.45) is 3.19. The average Bonchev–Trinajstić information content (AvgIpc) is 2.55. The second-order valence-electron chi connectivity index (χ2n) is 5.93. The third kappa shape index (κ3) is 3.54. The van der Waals surface area contributed by atoms with E-state index < -0.39 is 9.73 Å². The highest BCUT2D eigenvalue weighted by atomic mass is 32.2. The maximum Gasteiger partial charge on any atom is 0.137 e. The summed E-state index contributed by atoms with van der Waals surface area (Å²) in [6.45, 7) is 4.10. The van der Waals surface area contributed by atoms with Crippen molar-refractivity contribution in [3.8, 4) is 0 Å². The van der Waals surface area contributed by atoms with Crippen LogP contribution in [0.1, 0.15) is 13.8 Å². The normalized spacial score (nSPS) is 13.7. The molecule has 24 heavy (non-hydrogen) atoms. The first-order valence-electron chi connectivity index (χ1n) is 7.74. The topological polar surface area (TPSA) is 67.2 Å². The van der Waals surface area contributed by atoms with Crippen LogP contribution in [0, 0.1) is 0 Å². The first kappa shape index (κ1) is 16.4. The van der Waals surface area contributed by atoms with Crippen molar-refractivity contribution in [1.82, 2.24) is 9.97 Å². The van der Waals surface area contributed by atoms with Crippen molar-refractivity contribution in [3.63, 3.8) is 0 Å². The van der Waals surface area contributed by atoms with Gasteiger partial charge in [0, 0.05) is 22.6 Å². The zero-order valence-electron chi connectivity index (χ0n) is 13.9. The van der Waals surface area contributed by atoms with E-state index in [1.165, 1.54) is 6.33 Å². The Morgan fingerprint density at radius 3 is 2.54 bits per heavy atom. The number of aromatic nitrogens is 2. The lowest BCUT2D eigenvalue weighted by Crippen LogP contribution is -2.11. The van der Waals surface area contributed by atoms with Crippen LogP contribution in [0.25, 0.3) is 10.9 Å². The SMILES string of the molecule is CC(C)Nc1ncnc2ccc(N=S(C)(=O)c3ccccc3)cc12. The second-order valence-corrected chi connectivity index (χ2v) is 8.19. The molecule has 0 aliphatic rings. The van der Waals surface area contributed by atoms with Crippen LogP contribution in [0.15, 0.2) is 64.1 Å². The van der Waals surface area contributed by atoms with E-state index in [0.717, 1.165) is 21.6 Å². The fourth-order valence-corrected chi connectivity index (χ4v) is 3.70. The van der Waals surface area contributed by atoms with Gasteiger partial charge in [0.05, 0.1) is 20.9 Å². The van der Waals surface area contributed by atoms with Crippen LogP contribution >= 0.6 is 0 Å². The Morgan fingerprint density at radius 2 is 1.83 bits per heavy atom. The third-order valence-electron chi connectivity index (χ3n) is 3.50. The molecule has 3 aromatic rings. The van der Waals surface area contributed by atoms with Crippen LogP contribution in [0.2, 0.25) is 0 Å².